The summed E-state index contributed by atoms with van der Waals surface area (Å²) in [5, 5.41) is 0. The largest absolute Gasteiger partial charge is 0.458 e. The molecule has 2 aliphatic rings. The number of rotatable bonds is 1. The summed E-state index contributed by atoms with van der Waals surface area (Å²) in [6.45, 7) is 5.95. The molecule has 1 aromatic rings. The van der Waals surface area contributed by atoms with Gasteiger partial charge in [-0.15, -0.1) is 0 Å². The third kappa shape index (κ3) is 3.34. The van der Waals surface area contributed by atoms with Crippen LogP contribution in [0.2, 0.25) is 0 Å². The highest BCUT2D eigenvalue weighted by molar-refractivity contribution is 5.91. The topological polar surface area (TPSA) is 101 Å². The Morgan fingerprint density at radius 3 is 2.68 bits per heavy atom. The van der Waals surface area contributed by atoms with Crippen molar-refractivity contribution in [1.82, 2.24) is 4.57 Å². The quantitative estimate of drug-likeness (QED) is 0.413. The third-order valence-electron chi connectivity index (χ3n) is 5.39. The molecule has 0 fully saturated rings. The van der Waals surface area contributed by atoms with Crippen molar-refractivity contribution < 1.29 is 33.4 Å². The Morgan fingerprint density at radius 1 is 1.32 bits per heavy atom. The highest BCUT2D eigenvalue weighted by atomic mass is 16.6. The van der Waals surface area contributed by atoms with E-state index in [2.05, 4.69) is 0 Å². The molecule has 2 aliphatic heterocycles. The second-order valence-electron chi connectivity index (χ2n) is 7.28. The van der Waals surface area contributed by atoms with Crippen LogP contribution in [0.4, 0.5) is 0 Å². The van der Waals surface area contributed by atoms with Crippen molar-refractivity contribution in [2.24, 2.45) is 5.92 Å². The Bertz CT molecular complexity index is 881. The number of allylic oxidation sites excluding steroid dienone is 1. The van der Waals surface area contributed by atoms with Crippen LogP contribution in [0.3, 0.4) is 0 Å². The number of esters is 3. The molecule has 28 heavy (non-hydrogen) atoms. The molecule has 150 valence electrons. The number of hydrogen-bond acceptors (Lipinski definition) is 7. The molecule has 0 unspecified atom stereocenters. The Labute approximate surface area is 162 Å². The lowest BCUT2D eigenvalue weighted by molar-refractivity contribution is -0.187. The zero-order valence-corrected chi connectivity index (χ0v) is 16.3. The van der Waals surface area contributed by atoms with Crippen molar-refractivity contribution in [3.63, 3.8) is 0 Å². The minimum absolute atomic E-state index is 0.0422. The molecule has 8 nitrogen and oxygen atoms in total. The van der Waals surface area contributed by atoms with E-state index in [0.717, 1.165) is 0 Å². The van der Waals surface area contributed by atoms with Crippen LogP contribution in [0.25, 0.3) is 0 Å². The molecule has 0 saturated heterocycles. The van der Waals surface area contributed by atoms with Gasteiger partial charge in [-0.2, -0.15) is 0 Å². The monoisotopic (exact) mass is 389 g/mol. The Balaban J connectivity index is 2.04. The lowest BCUT2D eigenvalue weighted by Crippen LogP contribution is -2.47. The SMILES string of the molecule is C/C=C1/C[C@@H](C)[C@@](C)(OC(C)=O)C(=O)OCc2ccn3c2[C@@H](CC3=O)OC1=O. The van der Waals surface area contributed by atoms with Crippen molar-refractivity contribution in [2.75, 3.05) is 0 Å². The summed E-state index contributed by atoms with van der Waals surface area (Å²) in [4.78, 5) is 49.4. The first-order valence-corrected chi connectivity index (χ1v) is 9.13. The van der Waals surface area contributed by atoms with Gasteiger partial charge in [0.25, 0.3) is 0 Å². The molecule has 0 spiro atoms. The van der Waals surface area contributed by atoms with E-state index in [1.54, 1.807) is 32.2 Å². The average molecular weight is 389 g/mol. The lowest BCUT2D eigenvalue weighted by Gasteiger charge is -2.33. The van der Waals surface area contributed by atoms with Crippen LogP contribution in [0.5, 0.6) is 0 Å². The predicted octanol–water partition coefficient (Wildman–Crippen LogP) is 2.47. The second-order valence-corrected chi connectivity index (χ2v) is 7.28. The van der Waals surface area contributed by atoms with E-state index in [-0.39, 0.29) is 25.4 Å². The maximum Gasteiger partial charge on any atom is 0.350 e. The summed E-state index contributed by atoms with van der Waals surface area (Å²) >= 11 is 0. The molecule has 8 heteroatoms. The molecule has 0 amide bonds. The van der Waals surface area contributed by atoms with Gasteiger partial charge in [-0.25, -0.2) is 9.59 Å². The van der Waals surface area contributed by atoms with Gasteiger partial charge in [0.15, 0.2) is 6.10 Å². The van der Waals surface area contributed by atoms with E-state index in [1.807, 2.05) is 0 Å². The zero-order chi connectivity index (χ0) is 20.6. The van der Waals surface area contributed by atoms with Gasteiger partial charge >= 0.3 is 17.9 Å². The zero-order valence-electron chi connectivity index (χ0n) is 16.3. The fraction of sp³-hybridized carbons (Fsp3) is 0.500. The Hall–Kier alpha value is -2.90. The summed E-state index contributed by atoms with van der Waals surface area (Å²) in [6, 6.07) is 1.65. The lowest BCUT2D eigenvalue weighted by atomic mass is 9.85. The van der Waals surface area contributed by atoms with Crippen molar-refractivity contribution in [3.05, 3.63) is 35.2 Å². The standard InChI is InChI=1S/C20H23NO7/c1-5-13-8-11(2)20(4,28-12(3)22)19(25)26-10-14-6-7-21-16(23)9-15(17(14)21)27-18(13)24/h5-7,11,15H,8-10H2,1-4H3/b13-5-/t11-,15-,20-/m1/s1. The smallest absolute Gasteiger partial charge is 0.350 e. The molecule has 0 saturated carbocycles. The van der Waals surface area contributed by atoms with Crippen LogP contribution in [0, 0.1) is 5.92 Å². The van der Waals surface area contributed by atoms with Crippen LogP contribution in [0.15, 0.2) is 23.9 Å². The maximum atomic E-state index is 12.8. The molecule has 3 heterocycles. The van der Waals surface area contributed by atoms with Gasteiger partial charge in [-0.3, -0.25) is 14.2 Å². The summed E-state index contributed by atoms with van der Waals surface area (Å²) in [5.41, 5.74) is -0.169. The molecule has 0 bridgehead atoms. The van der Waals surface area contributed by atoms with Crippen LogP contribution < -0.4 is 0 Å². The van der Waals surface area contributed by atoms with Gasteiger partial charge in [0.1, 0.15) is 6.61 Å². The molecule has 0 aromatic carbocycles. The molecular weight excluding hydrogens is 366 g/mol. The number of aromatic nitrogens is 1. The highest BCUT2D eigenvalue weighted by Crippen LogP contribution is 2.36. The number of ether oxygens (including phenoxy) is 3. The fourth-order valence-electron chi connectivity index (χ4n) is 3.61. The first-order valence-electron chi connectivity index (χ1n) is 9.13. The van der Waals surface area contributed by atoms with Gasteiger partial charge in [-0.1, -0.05) is 13.0 Å². The fourth-order valence-corrected chi connectivity index (χ4v) is 3.61. The minimum atomic E-state index is -1.57. The van der Waals surface area contributed by atoms with Crippen LogP contribution in [0.1, 0.15) is 62.7 Å². The van der Waals surface area contributed by atoms with Crippen molar-refractivity contribution in [2.45, 2.75) is 58.8 Å². The Morgan fingerprint density at radius 2 is 2.04 bits per heavy atom. The van der Waals surface area contributed by atoms with Crippen LogP contribution >= 0.6 is 0 Å². The number of carbonyl (C=O) groups excluding carboxylic acids is 4. The van der Waals surface area contributed by atoms with Gasteiger partial charge in [0, 0.05) is 30.2 Å². The molecule has 3 rings (SSSR count). The third-order valence-corrected chi connectivity index (χ3v) is 5.39. The maximum absolute atomic E-state index is 12.8. The molecule has 0 N–H and O–H groups in total. The normalized spacial score (nSPS) is 29.4. The summed E-state index contributed by atoms with van der Waals surface area (Å²) in [6.07, 6.45) is 2.62. The number of hydrogen-bond donors (Lipinski definition) is 0. The minimum Gasteiger partial charge on any atom is -0.458 e. The van der Waals surface area contributed by atoms with Crippen molar-refractivity contribution >= 4 is 23.8 Å². The molecular formula is C20H23NO7. The molecule has 1 aromatic heterocycles. The van der Waals surface area contributed by atoms with E-state index in [9.17, 15) is 19.2 Å². The highest BCUT2D eigenvalue weighted by Gasteiger charge is 2.46. The second kappa shape index (κ2) is 7.26. The van der Waals surface area contributed by atoms with Gasteiger partial charge < -0.3 is 14.2 Å². The molecule has 3 atom stereocenters. The van der Waals surface area contributed by atoms with E-state index < -0.39 is 35.5 Å². The summed E-state index contributed by atoms with van der Waals surface area (Å²) < 4.78 is 17.8. The molecule has 0 radical (unpaired) electrons. The van der Waals surface area contributed by atoms with Crippen molar-refractivity contribution in [3.8, 4) is 0 Å². The Kier molecular flexibility index (Phi) is 5.14. The van der Waals surface area contributed by atoms with Gasteiger partial charge in [0.05, 0.1) is 12.1 Å². The first-order chi connectivity index (χ1) is 13.2. The number of nitrogens with zero attached hydrogens (tertiary/aromatic N) is 1. The summed E-state index contributed by atoms with van der Waals surface area (Å²) in [5.74, 6) is -2.64. The van der Waals surface area contributed by atoms with Gasteiger partial charge in [0.2, 0.25) is 11.5 Å². The predicted molar refractivity (Wildman–Crippen MR) is 96.0 cm³/mol. The summed E-state index contributed by atoms with van der Waals surface area (Å²) in [7, 11) is 0. The average Bonchev–Trinajstić information content (AvgIpc) is 3.17. The van der Waals surface area contributed by atoms with E-state index >= 15 is 0 Å². The van der Waals surface area contributed by atoms with Gasteiger partial charge in [-0.05, 0) is 26.3 Å². The number of carbonyl (C=O) groups is 4. The van der Waals surface area contributed by atoms with Crippen LogP contribution in [-0.2, 0) is 35.2 Å². The van der Waals surface area contributed by atoms with Crippen LogP contribution in [-0.4, -0.2) is 34.0 Å². The first kappa shape index (κ1) is 19.9. The number of cyclic esters (lactones) is 1. The molecule has 0 aliphatic carbocycles. The van der Waals surface area contributed by atoms with E-state index in [4.69, 9.17) is 14.2 Å². The van der Waals surface area contributed by atoms with E-state index in [1.165, 1.54) is 18.4 Å². The van der Waals surface area contributed by atoms with E-state index in [0.29, 0.717) is 16.8 Å². The van der Waals surface area contributed by atoms with Crippen molar-refractivity contribution in [1.29, 1.82) is 0 Å².